The van der Waals surface area contributed by atoms with E-state index in [0.717, 1.165) is 28.9 Å². The number of nitrogens with one attached hydrogen (secondary N) is 2. The van der Waals surface area contributed by atoms with E-state index in [4.69, 9.17) is 21.2 Å². The second-order valence-corrected chi connectivity index (χ2v) is 12.7. The molecule has 0 spiro atoms. The molecule has 3 atom stereocenters. The summed E-state index contributed by atoms with van der Waals surface area (Å²) in [6.07, 6.45) is 4.82. The van der Waals surface area contributed by atoms with Gasteiger partial charge in [0.1, 0.15) is 28.9 Å². The zero-order valence-corrected chi connectivity index (χ0v) is 26.6. The fourth-order valence-electron chi connectivity index (χ4n) is 5.25. The van der Waals surface area contributed by atoms with E-state index in [9.17, 15) is 19.2 Å². The van der Waals surface area contributed by atoms with Crippen molar-refractivity contribution in [1.29, 1.82) is 0 Å². The molecule has 1 saturated heterocycles. The molecule has 14 heteroatoms. The molecule has 3 heterocycles. The minimum absolute atomic E-state index is 0.0248. The summed E-state index contributed by atoms with van der Waals surface area (Å²) >= 11 is 8.76. The fraction of sp³-hybridized carbons (Fsp3) is 0.250. The number of aromatic nitrogens is 1. The number of thioether (sulfide) groups is 1. The molecule has 3 aromatic rings. The minimum atomic E-state index is -0.959. The highest BCUT2D eigenvalue weighted by molar-refractivity contribution is 8.00. The van der Waals surface area contributed by atoms with Gasteiger partial charge in [0.15, 0.2) is 16.9 Å². The molecule has 2 N–H and O–H groups in total. The second-order valence-electron chi connectivity index (χ2n) is 10.4. The van der Waals surface area contributed by atoms with Crippen LogP contribution in [0.1, 0.15) is 35.8 Å². The number of fused-ring (bicyclic) bond motifs is 1. The second kappa shape index (κ2) is 14.3. The molecule has 0 saturated carbocycles. The van der Waals surface area contributed by atoms with Crippen molar-refractivity contribution in [2.75, 3.05) is 16.9 Å². The van der Waals surface area contributed by atoms with Gasteiger partial charge in [-0.05, 0) is 35.6 Å². The average Bonchev–Trinajstić information content (AvgIpc) is 3.79. The molecular weight excluding hydrogens is 650 g/mol. The monoisotopic (exact) mass is 677 g/mol. The van der Waals surface area contributed by atoms with Crippen molar-refractivity contribution in [3.63, 3.8) is 0 Å². The normalized spacial score (nSPS) is 20.7. The first-order valence-electron chi connectivity index (χ1n) is 14.4. The molecule has 6 rings (SSSR count). The number of alkyl halides is 1. The summed E-state index contributed by atoms with van der Waals surface area (Å²) in [6.45, 7) is 0. The van der Waals surface area contributed by atoms with Gasteiger partial charge in [0, 0.05) is 17.0 Å². The van der Waals surface area contributed by atoms with Gasteiger partial charge in [0.2, 0.25) is 6.41 Å². The van der Waals surface area contributed by atoms with E-state index in [0.29, 0.717) is 24.2 Å². The molecule has 236 valence electrons. The third kappa shape index (κ3) is 6.57. The van der Waals surface area contributed by atoms with Crippen molar-refractivity contribution in [3.05, 3.63) is 106 Å². The summed E-state index contributed by atoms with van der Waals surface area (Å²) in [5.41, 5.74) is 2.22. The van der Waals surface area contributed by atoms with Crippen LogP contribution in [0.25, 0.3) is 0 Å². The zero-order chi connectivity index (χ0) is 32.0. The van der Waals surface area contributed by atoms with Crippen LogP contribution in [0.15, 0.2) is 94.6 Å². The van der Waals surface area contributed by atoms with Gasteiger partial charge in [0.05, 0.1) is 0 Å². The van der Waals surface area contributed by atoms with Crippen LogP contribution in [0, 0.1) is 0 Å². The van der Waals surface area contributed by atoms with E-state index >= 15 is 0 Å². The molecule has 0 bridgehead atoms. The predicted molar refractivity (Wildman–Crippen MR) is 175 cm³/mol. The van der Waals surface area contributed by atoms with Crippen LogP contribution in [0.3, 0.4) is 0 Å². The Morgan fingerprint density at radius 2 is 1.85 bits per heavy atom. The summed E-state index contributed by atoms with van der Waals surface area (Å²) < 4.78 is 6.09. The van der Waals surface area contributed by atoms with Crippen LogP contribution in [0.4, 0.5) is 5.13 Å². The predicted octanol–water partition coefficient (Wildman–Crippen LogP) is 4.38. The molecular formula is C32H28ClN5O6S2. The molecule has 0 radical (unpaired) electrons. The Kier molecular flexibility index (Phi) is 9.81. The van der Waals surface area contributed by atoms with Gasteiger partial charge < -0.3 is 20.2 Å². The molecule has 2 aromatic carbocycles. The number of hydrogen-bond donors (Lipinski definition) is 2. The Morgan fingerprint density at radius 3 is 2.48 bits per heavy atom. The van der Waals surface area contributed by atoms with Crippen LogP contribution in [0.5, 0.6) is 0 Å². The van der Waals surface area contributed by atoms with Gasteiger partial charge >= 0.3 is 5.97 Å². The SMILES string of the molecule is O=CNc1nc(C(=NOC2C=CCC2)C(=O)N[C@@H]2C(=O)N3C(C(=O)OC(c4ccccc4)c4ccccc4)=C(CCl)CS[C@@H]23)cs1. The average molecular weight is 678 g/mol. The number of thiazole rings is 1. The Bertz CT molecular complexity index is 1670. The number of esters is 1. The lowest BCUT2D eigenvalue weighted by molar-refractivity contribution is -0.154. The lowest BCUT2D eigenvalue weighted by atomic mass is 10.0. The number of benzene rings is 2. The van der Waals surface area contributed by atoms with Crippen LogP contribution in [-0.2, 0) is 28.8 Å². The maximum atomic E-state index is 13.8. The van der Waals surface area contributed by atoms with E-state index in [2.05, 4.69) is 20.8 Å². The Balaban J connectivity index is 1.22. The van der Waals surface area contributed by atoms with E-state index in [1.807, 2.05) is 72.8 Å². The number of hydrogen-bond acceptors (Lipinski definition) is 10. The Labute approximate surface area is 277 Å². The number of β-lactam (4-membered cyclic amide) rings is 1. The topological polar surface area (TPSA) is 139 Å². The van der Waals surface area contributed by atoms with Gasteiger partial charge in [-0.1, -0.05) is 71.9 Å². The number of carbonyl (C=O) groups is 4. The molecule has 3 aliphatic rings. The number of halogens is 1. The van der Waals surface area contributed by atoms with Crippen molar-refractivity contribution < 1.29 is 28.8 Å². The number of carbonyl (C=O) groups excluding carboxylic acids is 4. The van der Waals surface area contributed by atoms with Gasteiger partial charge in [-0.2, -0.15) is 0 Å². The first kappa shape index (κ1) is 31.5. The van der Waals surface area contributed by atoms with Gasteiger partial charge in [-0.15, -0.1) is 34.7 Å². The number of nitrogens with zero attached hydrogens (tertiary/aromatic N) is 3. The minimum Gasteiger partial charge on any atom is -0.448 e. The lowest BCUT2D eigenvalue weighted by Crippen LogP contribution is -2.71. The smallest absolute Gasteiger partial charge is 0.356 e. The van der Waals surface area contributed by atoms with Crippen LogP contribution in [-0.4, -0.2) is 68.9 Å². The number of anilines is 1. The van der Waals surface area contributed by atoms with E-state index in [1.54, 1.807) is 5.38 Å². The molecule has 1 fully saturated rings. The first-order valence-corrected chi connectivity index (χ1v) is 16.9. The molecule has 2 aliphatic heterocycles. The van der Waals surface area contributed by atoms with Crippen molar-refractivity contribution in [3.8, 4) is 0 Å². The molecule has 1 aromatic heterocycles. The quantitative estimate of drug-likeness (QED) is 0.0548. The fourth-order valence-corrected chi connectivity index (χ4v) is 7.58. The maximum absolute atomic E-state index is 13.8. The third-order valence-electron chi connectivity index (χ3n) is 7.51. The van der Waals surface area contributed by atoms with Gasteiger partial charge in [-0.25, -0.2) is 9.78 Å². The van der Waals surface area contributed by atoms with Crippen LogP contribution < -0.4 is 10.6 Å². The van der Waals surface area contributed by atoms with E-state index in [-0.39, 0.29) is 34.2 Å². The van der Waals surface area contributed by atoms with Crippen molar-refractivity contribution >= 4 is 69.7 Å². The largest absolute Gasteiger partial charge is 0.448 e. The number of amides is 3. The van der Waals surface area contributed by atoms with E-state index in [1.165, 1.54) is 16.7 Å². The van der Waals surface area contributed by atoms with E-state index < -0.39 is 35.3 Å². The molecule has 11 nitrogen and oxygen atoms in total. The summed E-state index contributed by atoms with van der Waals surface area (Å²) in [6, 6.07) is 17.7. The number of oxime groups is 1. The lowest BCUT2D eigenvalue weighted by Gasteiger charge is -2.49. The molecule has 1 aliphatic carbocycles. The number of allylic oxidation sites excluding steroid dienone is 1. The highest BCUT2D eigenvalue weighted by Gasteiger charge is 2.55. The van der Waals surface area contributed by atoms with Crippen LogP contribution in [0.2, 0.25) is 0 Å². The molecule has 1 unspecified atom stereocenters. The molecule has 3 amide bonds. The summed E-state index contributed by atoms with van der Waals surface area (Å²) in [7, 11) is 0. The third-order valence-corrected chi connectivity index (χ3v) is 9.95. The number of rotatable bonds is 12. The highest BCUT2D eigenvalue weighted by Crippen LogP contribution is 2.42. The summed E-state index contributed by atoms with van der Waals surface area (Å²) in [4.78, 5) is 63.1. The first-order chi connectivity index (χ1) is 22.5. The van der Waals surface area contributed by atoms with Crippen molar-refractivity contribution in [1.82, 2.24) is 15.2 Å². The maximum Gasteiger partial charge on any atom is 0.356 e. The van der Waals surface area contributed by atoms with Crippen LogP contribution >= 0.6 is 34.7 Å². The van der Waals surface area contributed by atoms with Crippen molar-refractivity contribution in [2.24, 2.45) is 5.16 Å². The highest BCUT2D eigenvalue weighted by atomic mass is 35.5. The summed E-state index contributed by atoms with van der Waals surface area (Å²) in [5, 5.41) is 10.5. The summed E-state index contributed by atoms with van der Waals surface area (Å²) in [5.74, 6) is -1.47. The number of ether oxygens (including phenoxy) is 1. The zero-order valence-electron chi connectivity index (χ0n) is 24.2. The van der Waals surface area contributed by atoms with Gasteiger partial charge in [0.25, 0.3) is 11.8 Å². The van der Waals surface area contributed by atoms with Crippen molar-refractivity contribution in [2.45, 2.75) is 36.5 Å². The Morgan fingerprint density at radius 1 is 1.13 bits per heavy atom. The molecule has 46 heavy (non-hydrogen) atoms. The Hall–Kier alpha value is -4.46. The van der Waals surface area contributed by atoms with Gasteiger partial charge in [-0.3, -0.25) is 19.3 Å². The standard InChI is InChI=1S/C32H28ClN5O6S2/c33-15-21-16-45-30-25(36-28(40)24(37-44-22-13-7-8-14-22)23-17-46-32(35-23)34-18-39)29(41)38(30)26(21)31(42)43-27(19-9-3-1-4-10-19)20-11-5-2-6-12-20/h1-7,9-13,17-18,22,25,27,30H,8,14-16H2,(H,36,40)(H,34,35,39)/t22?,25-,30+/m1/s1.